The highest BCUT2D eigenvalue weighted by Gasteiger charge is 2.20. The molecule has 0 atom stereocenters. The second-order valence-corrected chi connectivity index (χ2v) is 15.0. The van der Waals surface area contributed by atoms with Crippen LogP contribution in [0.4, 0.5) is 0 Å². The molecule has 0 fully saturated rings. The van der Waals surface area contributed by atoms with E-state index < -0.39 is 0 Å². The minimum absolute atomic E-state index is 0.650. The molecule has 0 saturated carbocycles. The molecular weight excluding hydrogens is 703 g/mol. The number of hydrogen-bond acceptors (Lipinski definition) is 5. The summed E-state index contributed by atoms with van der Waals surface area (Å²) in [7, 11) is 0. The lowest BCUT2D eigenvalue weighted by Crippen LogP contribution is -2.00. The van der Waals surface area contributed by atoms with Crippen molar-refractivity contribution in [2.45, 2.75) is 0 Å². The van der Waals surface area contributed by atoms with Crippen molar-refractivity contribution in [1.29, 1.82) is 0 Å². The summed E-state index contributed by atoms with van der Waals surface area (Å²) < 4.78 is 8.94. The van der Waals surface area contributed by atoms with Crippen molar-refractivity contribution >= 4 is 53.4 Å². The highest BCUT2D eigenvalue weighted by molar-refractivity contribution is 7.26. The minimum atomic E-state index is 0.650. The van der Waals surface area contributed by atoms with Gasteiger partial charge in [-0.1, -0.05) is 158 Å². The molecule has 56 heavy (non-hydrogen) atoms. The van der Waals surface area contributed by atoms with Gasteiger partial charge in [-0.2, -0.15) is 0 Å². The van der Waals surface area contributed by atoms with Gasteiger partial charge >= 0.3 is 0 Å². The molecule has 3 heterocycles. The van der Waals surface area contributed by atoms with E-state index in [0.29, 0.717) is 17.5 Å². The van der Waals surface area contributed by atoms with Gasteiger partial charge in [0.25, 0.3) is 0 Å². The zero-order valence-corrected chi connectivity index (χ0v) is 30.9. The highest BCUT2D eigenvalue weighted by Crippen LogP contribution is 2.46. The summed E-state index contributed by atoms with van der Waals surface area (Å²) >= 11 is 1.78. The molecule has 8 aromatic carbocycles. The Labute approximate surface area is 327 Å². The fraction of sp³-hybridized carbons (Fsp3) is 0. The molecule has 0 bridgehead atoms. The van der Waals surface area contributed by atoms with Gasteiger partial charge in [0.2, 0.25) is 0 Å². The number of aromatic nitrogens is 3. The molecule has 0 saturated heterocycles. The van der Waals surface area contributed by atoms with Crippen LogP contribution in [0.25, 0.3) is 110 Å². The Morgan fingerprint density at radius 2 is 0.893 bits per heavy atom. The molecule has 3 aromatic heterocycles. The van der Waals surface area contributed by atoms with Crippen LogP contribution >= 0.6 is 11.3 Å². The van der Waals surface area contributed by atoms with E-state index in [2.05, 4.69) is 121 Å². The number of furan rings is 1. The number of benzene rings is 8. The monoisotopic (exact) mass is 733 g/mol. The van der Waals surface area contributed by atoms with Gasteiger partial charge < -0.3 is 4.42 Å². The average Bonchev–Trinajstić information content (AvgIpc) is 3.86. The minimum Gasteiger partial charge on any atom is -0.456 e. The first-order valence-corrected chi connectivity index (χ1v) is 19.5. The Morgan fingerprint density at radius 1 is 0.339 bits per heavy atom. The molecule has 0 unspecified atom stereocenters. The Kier molecular flexibility index (Phi) is 7.64. The Morgan fingerprint density at radius 3 is 1.61 bits per heavy atom. The van der Waals surface area contributed by atoms with Gasteiger partial charge in [0.15, 0.2) is 17.5 Å². The summed E-state index contributed by atoms with van der Waals surface area (Å²) in [6, 6.07) is 65.7. The van der Waals surface area contributed by atoms with Gasteiger partial charge in [-0.3, -0.25) is 0 Å². The zero-order valence-electron chi connectivity index (χ0n) is 30.1. The van der Waals surface area contributed by atoms with E-state index in [-0.39, 0.29) is 0 Å². The van der Waals surface area contributed by atoms with Crippen LogP contribution in [-0.2, 0) is 0 Å². The van der Waals surface area contributed by atoms with Crippen LogP contribution in [0.3, 0.4) is 0 Å². The summed E-state index contributed by atoms with van der Waals surface area (Å²) in [5.74, 6) is 1.95. The van der Waals surface area contributed by atoms with E-state index in [4.69, 9.17) is 19.4 Å². The predicted octanol–water partition coefficient (Wildman–Crippen LogP) is 14.1. The van der Waals surface area contributed by atoms with Gasteiger partial charge in [-0.15, -0.1) is 11.3 Å². The average molecular weight is 734 g/mol. The molecule has 0 amide bonds. The molecule has 0 aliphatic heterocycles. The molecule has 0 aliphatic carbocycles. The first-order valence-electron chi connectivity index (χ1n) is 18.7. The van der Waals surface area contributed by atoms with Gasteiger partial charge in [0, 0.05) is 47.6 Å². The van der Waals surface area contributed by atoms with Crippen LogP contribution < -0.4 is 0 Å². The molecule has 0 radical (unpaired) electrons. The largest absolute Gasteiger partial charge is 0.456 e. The SMILES string of the molecule is c1ccc(-c2ccc(-c3cc(-c4cccc5sc6c(-c7nc(-c8ccccc8)nc(-c8ccccc8)n7)cccc6c45)cc4oc5ccccc5c34)cc2)cc1. The van der Waals surface area contributed by atoms with E-state index in [9.17, 15) is 0 Å². The first kappa shape index (κ1) is 32.2. The molecular formula is C51H31N3OS. The summed E-state index contributed by atoms with van der Waals surface area (Å²) in [6.45, 7) is 0. The number of rotatable bonds is 6. The summed E-state index contributed by atoms with van der Waals surface area (Å²) in [5.41, 5.74) is 11.6. The number of fused-ring (bicyclic) bond motifs is 6. The van der Waals surface area contributed by atoms with Crippen LogP contribution in [0, 0.1) is 0 Å². The van der Waals surface area contributed by atoms with Gasteiger partial charge in [-0.05, 0) is 63.7 Å². The Hall–Kier alpha value is -7.21. The van der Waals surface area contributed by atoms with Crippen molar-refractivity contribution < 1.29 is 4.42 Å². The lowest BCUT2D eigenvalue weighted by Gasteiger charge is -2.11. The third-order valence-electron chi connectivity index (χ3n) is 10.6. The quantitative estimate of drug-likeness (QED) is 0.171. The molecule has 0 N–H and O–H groups in total. The summed E-state index contributed by atoms with van der Waals surface area (Å²) in [4.78, 5) is 15.1. The maximum absolute atomic E-state index is 6.60. The molecule has 11 rings (SSSR count). The second-order valence-electron chi connectivity index (χ2n) is 13.9. The lowest BCUT2D eigenvalue weighted by molar-refractivity contribution is 0.669. The van der Waals surface area contributed by atoms with Crippen LogP contribution in [0.5, 0.6) is 0 Å². The normalized spacial score (nSPS) is 11.6. The topological polar surface area (TPSA) is 51.8 Å². The summed E-state index contributed by atoms with van der Waals surface area (Å²) in [6.07, 6.45) is 0. The van der Waals surface area contributed by atoms with Crippen molar-refractivity contribution in [2.75, 3.05) is 0 Å². The number of hydrogen-bond donors (Lipinski definition) is 0. The Balaban J connectivity index is 1.11. The van der Waals surface area contributed by atoms with Crippen LogP contribution in [0.15, 0.2) is 192 Å². The van der Waals surface area contributed by atoms with E-state index >= 15 is 0 Å². The van der Waals surface area contributed by atoms with Crippen molar-refractivity contribution in [3.8, 4) is 67.5 Å². The van der Waals surface area contributed by atoms with Crippen molar-refractivity contribution in [2.24, 2.45) is 0 Å². The zero-order chi connectivity index (χ0) is 37.0. The van der Waals surface area contributed by atoms with Gasteiger partial charge in [-0.25, -0.2) is 15.0 Å². The molecule has 5 heteroatoms. The predicted molar refractivity (Wildman–Crippen MR) is 233 cm³/mol. The van der Waals surface area contributed by atoms with Crippen molar-refractivity contribution in [1.82, 2.24) is 15.0 Å². The number of thiophene rings is 1. The fourth-order valence-electron chi connectivity index (χ4n) is 7.90. The molecule has 11 aromatic rings. The second kappa shape index (κ2) is 13.3. The maximum atomic E-state index is 6.60. The van der Waals surface area contributed by atoms with E-state index in [1.54, 1.807) is 11.3 Å². The molecule has 0 spiro atoms. The smallest absolute Gasteiger partial charge is 0.165 e. The van der Waals surface area contributed by atoms with Crippen LogP contribution in [0.1, 0.15) is 0 Å². The fourth-order valence-corrected chi connectivity index (χ4v) is 9.14. The first-order chi connectivity index (χ1) is 27.7. The number of para-hydroxylation sites is 1. The molecule has 0 aliphatic rings. The highest BCUT2D eigenvalue weighted by atomic mass is 32.1. The summed E-state index contributed by atoms with van der Waals surface area (Å²) in [5, 5.41) is 4.61. The lowest BCUT2D eigenvalue weighted by atomic mass is 9.92. The Bertz CT molecular complexity index is 3170. The van der Waals surface area contributed by atoms with Gasteiger partial charge in [0.05, 0.1) is 0 Å². The van der Waals surface area contributed by atoms with Crippen LogP contribution in [-0.4, -0.2) is 15.0 Å². The van der Waals surface area contributed by atoms with Crippen LogP contribution in [0.2, 0.25) is 0 Å². The van der Waals surface area contributed by atoms with Gasteiger partial charge in [0.1, 0.15) is 11.2 Å². The van der Waals surface area contributed by atoms with E-state index in [1.807, 2.05) is 66.7 Å². The molecule has 262 valence electrons. The number of nitrogens with zero attached hydrogens (tertiary/aromatic N) is 3. The third kappa shape index (κ3) is 5.48. The van der Waals surface area contributed by atoms with E-state index in [1.165, 1.54) is 26.6 Å². The van der Waals surface area contributed by atoms with Crippen molar-refractivity contribution in [3.63, 3.8) is 0 Å². The standard InChI is InChI=1S/C51H31N3OS/c1-4-14-32(15-5-1)33-26-28-34(29-27-33)42-30-37(31-44-46(42)39-20-10-11-24-43(39)55-44)38-21-13-25-45-47(38)40-22-12-23-41(48(40)56-45)51-53-49(35-16-6-2-7-17-35)52-50(54-51)36-18-8-3-9-19-36/h1-31H. The maximum Gasteiger partial charge on any atom is 0.165 e. The third-order valence-corrected chi connectivity index (χ3v) is 11.8. The molecule has 4 nitrogen and oxygen atoms in total. The van der Waals surface area contributed by atoms with E-state index in [0.717, 1.165) is 65.6 Å². The van der Waals surface area contributed by atoms with Crippen molar-refractivity contribution in [3.05, 3.63) is 188 Å².